The van der Waals surface area contributed by atoms with E-state index in [1.807, 2.05) is 12.1 Å². The summed E-state index contributed by atoms with van der Waals surface area (Å²) < 4.78 is 28.3. The number of rotatable bonds is 6. The smallest absolute Gasteiger partial charge is 0.282 e. The summed E-state index contributed by atoms with van der Waals surface area (Å²) in [6.45, 7) is 3.65. The molecule has 0 aromatic heterocycles. The molecule has 0 bridgehead atoms. The molecule has 1 saturated heterocycles. The number of nitrogens with one attached hydrogen (secondary N) is 1. The Balaban J connectivity index is 1.59. The molecule has 1 aromatic rings. The van der Waals surface area contributed by atoms with Crippen LogP contribution in [0.15, 0.2) is 24.3 Å². The standard InChI is InChI=1S/C18H27N3O3S/c1-14-9-11-21(12-10-14)25(23,24)20(2)13-15-3-5-16(6-4-15)18(22)19-17-7-8-17/h3-6,14,17H,7-13H2,1-2H3,(H,19,22). The number of carbonyl (C=O) groups excluding carboxylic acids is 1. The van der Waals surface area contributed by atoms with Gasteiger partial charge in [-0.15, -0.1) is 0 Å². The molecule has 2 fully saturated rings. The molecule has 0 radical (unpaired) electrons. The van der Waals surface area contributed by atoms with Gasteiger partial charge in [-0.25, -0.2) is 0 Å². The molecule has 1 aliphatic heterocycles. The van der Waals surface area contributed by atoms with Gasteiger partial charge in [-0.3, -0.25) is 4.79 Å². The number of nitrogens with zero attached hydrogens (tertiary/aromatic N) is 2. The Morgan fingerprint density at radius 1 is 1.16 bits per heavy atom. The van der Waals surface area contributed by atoms with E-state index < -0.39 is 10.2 Å². The van der Waals surface area contributed by atoms with Gasteiger partial charge in [-0.1, -0.05) is 19.1 Å². The number of hydrogen-bond donors (Lipinski definition) is 1. The predicted molar refractivity (Wildman–Crippen MR) is 97.3 cm³/mol. The molecule has 25 heavy (non-hydrogen) atoms. The number of piperidine rings is 1. The van der Waals surface area contributed by atoms with Crippen molar-refractivity contribution in [2.75, 3.05) is 20.1 Å². The second kappa shape index (κ2) is 7.43. The fourth-order valence-electron chi connectivity index (χ4n) is 3.01. The minimum atomic E-state index is -3.43. The minimum Gasteiger partial charge on any atom is -0.349 e. The van der Waals surface area contributed by atoms with Crippen LogP contribution in [-0.2, 0) is 16.8 Å². The molecule has 6 nitrogen and oxygen atoms in total. The number of amides is 1. The van der Waals surface area contributed by atoms with Crippen LogP contribution >= 0.6 is 0 Å². The van der Waals surface area contributed by atoms with Crippen LogP contribution in [0.3, 0.4) is 0 Å². The fraction of sp³-hybridized carbons (Fsp3) is 0.611. The van der Waals surface area contributed by atoms with E-state index in [2.05, 4.69) is 12.2 Å². The summed E-state index contributed by atoms with van der Waals surface area (Å²) >= 11 is 0. The summed E-state index contributed by atoms with van der Waals surface area (Å²) in [6, 6.07) is 7.50. The highest BCUT2D eigenvalue weighted by Gasteiger charge is 2.30. The van der Waals surface area contributed by atoms with Crippen molar-refractivity contribution in [1.82, 2.24) is 13.9 Å². The molecule has 0 spiro atoms. The van der Waals surface area contributed by atoms with Gasteiger partial charge in [-0.2, -0.15) is 17.0 Å². The van der Waals surface area contributed by atoms with E-state index >= 15 is 0 Å². The van der Waals surface area contributed by atoms with Gasteiger partial charge >= 0.3 is 0 Å². The normalized spacial score (nSPS) is 20.0. The summed E-state index contributed by atoms with van der Waals surface area (Å²) in [7, 11) is -1.82. The Bertz CT molecular complexity index is 706. The van der Waals surface area contributed by atoms with Gasteiger partial charge in [0, 0.05) is 38.3 Å². The van der Waals surface area contributed by atoms with E-state index in [9.17, 15) is 13.2 Å². The molecular weight excluding hydrogens is 338 g/mol. The molecule has 1 aliphatic carbocycles. The zero-order valence-corrected chi connectivity index (χ0v) is 15.8. The number of carbonyl (C=O) groups is 1. The van der Waals surface area contributed by atoms with Crippen LogP contribution in [0.5, 0.6) is 0 Å². The largest absolute Gasteiger partial charge is 0.349 e. The second-order valence-corrected chi connectivity index (χ2v) is 9.33. The zero-order valence-electron chi connectivity index (χ0n) is 14.9. The Labute approximate surface area is 150 Å². The summed E-state index contributed by atoms with van der Waals surface area (Å²) in [5, 5.41) is 2.95. The predicted octanol–water partition coefficient (Wildman–Crippen LogP) is 1.99. The Hall–Kier alpha value is -1.44. The van der Waals surface area contributed by atoms with Gasteiger partial charge in [0.1, 0.15) is 0 Å². The molecule has 138 valence electrons. The highest BCUT2D eigenvalue weighted by atomic mass is 32.2. The molecule has 2 aliphatic rings. The van der Waals surface area contributed by atoms with Crippen molar-refractivity contribution in [2.24, 2.45) is 5.92 Å². The first kappa shape index (κ1) is 18.4. The summed E-state index contributed by atoms with van der Waals surface area (Å²) in [4.78, 5) is 12.0. The van der Waals surface area contributed by atoms with Crippen molar-refractivity contribution in [3.8, 4) is 0 Å². The number of benzene rings is 1. The van der Waals surface area contributed by atoms with E-state index in [0.29, 0.717) is 37.2 Å². The highest BCUT2D eigenvalue weighted by molar-refractivity contribution is 7.86. The molecule has 1 amide bonds. The van der Waals surface area contributed by atoms with Crippen LogP contribution in [0.25, 0.3) is 0 Å². The van der Waals surface area contributed by atoms with Crippen molar-refractivity contribution in [1.29, 1.82) is 0 Å². The van der Waals surface area contributed by atoms with Crippen LogP contribution in [0, 0.1) is 5.92 Å². The van der Waals surface area contributed by atoms with Crippen molar-refractivity contribution in [2.45, 2.75) is 45.2 Å². The molecule has 1 heterocycles. The van der Waals surface area contributed by atoms with Crippen molar-refractivity contribution < 1.29 is 13.2 Å². The van der Waals surface area contributed by atoms with Crippen molar-refractivity contribution in [3.05, 3.63) is 35.4 Å². The lowest BCUT2D eigenvalue weighted by Gasteiger charge is -2.32. The zero-order chi connectivity index (χ0) is 18.0. The summed E-state index contributed by atoms with van der Waals surface area (Å²) in [5.74, 6) is 0.531. The van der Waals surface area contributed by atoms with E-state index in [0.717, 1.165) is 31.2 Å². The fourth-order valence-corrected chi connectivity index (χ4v) is 4.39. The monoisotopic (exact) mass is 365 g/mol. The first-order valence-corrected chi connectivity index (χ1v) is 10.4. The first-order valence-electron chi connectivity index (χ1n) is 8.97. The Morgan fingerprint density at radius 3 is 2.32 bits per heavy atom. The van der Waals surface area contributed by atoms with Crippen LogP contribution in [0.4, 0.5) is 0 Å². The molecule has 1 aromatic carbocycles. The lowest BCUT2D eigenvalue weighted by Crippen LogP contribution is -2.45. The average Bonchev–Trinajstić information content (AvgIpc) is 3.39. The van der Waals surface area contributed by atoms with E-state index in [1.165, 1.54) is 4.31 Å². The third-order valence-electron chi connectivity index (χ3n) is 5.00. The third kappa shape index (κ3) is 4.59. The van der Waals surface area contributed by atoms with Crippen molar-refractivity contribution in [3.63, 3.8) is 0 Å². The molecule has 7 heteroatoms. The lowest BCUT2D eigenvalue weighted by atomic mass is 10.0. The van der Waals surface area contributed by atoms with Gasteiger partial charge in [0.2, 0.25) is 0 Å². The third-order valence-corrected chi connectivity index (χ3v) is 6.93. The molecule has 1 saturated carbocycles. The van der Waals surface area contributed by atoms with Crippen LogP contribution in [0.1, 0.15) is 48.5 Å². The molecule has 3 rings (SSSR count). The maximum Gasteiger partial charge on any atom is 0.282 e. The SMILES string of the molecule is CC1CCN(S(=O)(=O)N(C)Cc2ccc(C(=O)NC3CC3)cc2)CC1. The van der Waals surface area contributed by atoms with Crippen LogP contribution < -0.4 is 5.32 Å². The van der Waals surface area contributed by atoms with Crippen molar-refractivity contribution >= 4 is 16.1 Å². The van der Waals surface area contributed by atoms with E-state index in [4.69, 9.17) is 0 Å². The first-order chi connectivity index (χ1) is 11.9. The molecule has 1 N–H and O–H groups in total. The van der Waals surface area contributed by atoms with Crippen LogP contribution in [0.2, 0.25) is 0 Å². The van der Waals surface area contributed by atoms with Gasteiger partial charge in [0.15, 0.2) is 0 Å². The van der Waals surface area contributed by atoms with Crippen LogP contribution in [-0.4, -0.2) is 49.1 Å². The molecule has 0 unspecified atom stereocenters. The average molecular weight is 365 g/mol. The second-order valence-electron chi connectivity index (χ2n) is 7.29. The van der Waals surface area contributed by atoms with E-state index in [1.54, 1.807) is 23.5 Å². The quantitative estimate of drug-likeness (QED) is 0.838. The topological polar surface area (TPSA) is 69.7 Å². The molecular formula is C18H27N3O3S. The molecule has 0 atom stereocenters. The Morgan fingerprint density at radius 2 is 1.76 bits per heavy atom. The maximum atomic E-state index is 12.7. The lowest BCUT2D eigenvalue weighted by molar-refractivity contribution is 0.0951. The maximum absolute atomic E-state index is 12.7. The van der Waals surface area contributed by atoms with Gasteiger partial charge in [0.05, 0.1) is 0 Å². The van der Waals surface area contributed by atoms with Gasteiger partial charge in [-0.05, 0) is 49.3 Å². The number of hydrogen-bond acceptors (Lipinski definition) is 3. The minimum absolute atomic E-state index is 0.0579. The highest BCUT2D eigenvalue weighted by Crippen LogP contribution is 2.22. The summed E-state index contributed by atoms with van der Waals surface area (Å²) in [5.41, 5.74) is 1.49. The Kier molecular flexibility index (Phi) is 5.46. The van der Waals surface area contributed by atoms with Gasteiger partial charge in [0.25, 0.3) is 16.1 Å². The van der Waals surface area contributed by atoms with E-state index in [-0.39, 0.29) is 5.91 Å². The van der Waals surface area contributed by atoms with Gasteiger partial charge < -0.3 is 5.32 Å². The summed E-state index contributed by atoms with van der Waals surface area (Å²) in [6.07, 6.45) is 3.94.